The molecular formula is C11H16F3N5S. The third-order valence-corrected chi connectivity index (χ3v) is 4.18. The molecule has 1 aliphatic rings. The van der Waals surface area contributed by atoms with Gasteiger partial charge in [-0.25, -0.2) is 10.8 Å². The van der Waals surface area contributed by atoms with Gasteiger partial charge in [-0.2, -0.15) is 29.9 Å². The molecule has 0 saturated carbocycles. The van der Waals surface area contributed by atoms with Crippen molar-refractivity contribution in [3.05, 3.63) is 11.8 Å². The van der Waals surface area contributed by atoms with E-state index in [1.54, 1.807) is 11.8 Å². The molecule has 20 heavy (non-hydrogen) atoms. The smallest absolute Gasteiger partial charge is 0.354 e. The number of nitrogens with two attached hydrogens (primary N) is 1. The Morgan fingerprint density at radius 2 is 2.10 bits per heavy atom. The van der Waals surface area contributed by atoms with Crippen LogP contribution in [-0.4, -0.2) is 33.6 Å². The third kappa shape index (κ3) is 3.45. The Morgan fingerprint density at radius 3 is 2.65 bits per heavy atom. The van der Waals surface area contributed by atoms with Crippen LogP contribution in [0.2, 0.25) is 0 Å². The third-order valence-electron chi connectivity index (χ3n) is 2.88. The Bertz CT molecular complexity index is 491. The first-order valence-electron chi connectivity index (χ1n) is 6.03. The Kier molecular flexibility index (Phi) is 4.01. The van der Waals surface area contributed by atoms with Gasteiger partial charge in [0.1, 0.15) is 5.82 Å². The summed E-state index contributed by atoms with van der Waals surface area (Å²) >= 11 is 1.79. The zero-order valence-electron chi connectivity index (χ0n) is 11.2. The van der Waals surface area contributed by atoms with Crippen molar-refractivity contribution in [3.63, 3.8) is 0 Å². The van der Waals surface area contributed by atoms with Crippen LogP contribution in [0.4, 0.5) is 24.9 Å². The summed E-state index contributed by atoms with van der Waals surface area (Å²) < 4.78 is 38.4. The molecule has 9 heteroatoms. The van der Waals surface area contributed by atoms with Crippen molar-refractivity contribution in [2.45, 2.75) is 24.8 Å². The molecule has 0 aromatic carbocycles. The van der Waals surface area contributed by atoms with Crippen molar-refractivity contribution in [3.8, 4) is 0 Å². The fourth-order valence-corrected chi connectivity index (χ4v) is 3.13. The lowest BCUT2D eigenvalue weighted by atomic mass is 10.2. The van der Waals surface area contributed by atoms with E-state index < -0.39 is 11.9 Å². The molecule has 1 fully saturated rings. The minimum Gasteiger partial charge on any atom is -0.354 e. The van der Waals surface area contributed by atoms with Crippen molar-refractivity contribution in [1.82, 2.24) is 9.97 Å². The number of thioether (sulfide) groups is 1. The van der Waals surface area contributed by atoms with E-state index in [9.17, 15) is 13.2 Å². The fourth-order valence-electron chi connectivity index (χ4n) is 2.02. The van der Waals surface area contributed by atoms with Gasteiger partial charge in [-0.3, -0.25) is 5.43 Å². The van der Waals surface area contributed by atoms with Gasteiger partial charge in [-0.05, 0) is 13.8 Å². The lowest BCUT2D eigenvalue weighted by Crippen LogP contribution is -2.43. The van der Waals surface area contributed by atoms with Crippen molar-refractivity contribution >= 4 is 23.5 Å². The highest BCUT2D eigenvalue weighted by Crippen LogP contribution is 2.34. The van der Waals surface area contributed by atoms with Crippen LogP contribution in [0.1, 0.15) is 19.5 Å². The molecule has 112 valence electrons. The average Bonchev–Trinajstić information content (AvgIpc) is 2.36. The Hall–Kier alpha value is -1.22. The van der Waals surface area contributed by atoms with Gasteiger partial charge in [-0.1, -0.05) is 0 Å². The van der Waals surface area contributed by atoms with Crippen LogP contribution in [0.15, 0.2) is 6.07 Å². The summed E-state index contributed by atoms with van der Waals surface area (Å²) in [6.45, 7) is 5.37. The summed E-state index contributed by atoms with van der Waals surface area (Å²) in [6, 6.07) is 0.965. The normalized spacial score (nSPS) is 19.0. The summed E-state index contributed by atoms with van der Waals surface area (Å²) in [5.74, 6) is 6.00. The SMILES string of the molecule is CC1(C)CN(c2cc(C(F)(F)F)nc(NN)n2)CCS1. The minimum absolute atomic E-state index is 0.0299. The predicted molar refractivity (Wildman–Crippen MR) is 73.6 cm³/mol. The van der Waals surface area contributed by atoms with Crippen LogP contribution >= 0.6 is 11.8 Å². The topological polar surface area (TPSA) is 67.1 Å². The largest absolute Gasteiger partial charge is 0.433 e. The molecule has 2 rings (SSSR count). The van der Waals surface area contributed by atoms with Crippen LogP contribution < -0.4 is 16.2 Å². The van der Waals surface area contributed by atoms with Crippen LogP contribution in [0.5, 0.6) is 0 Å². The highest BCUT2D eigenvalue weighted by Gasteiger charge is 2.35. The minimum atomic E-state index is -4.52. The predicted octanol–water partition coefficient (Wildman–Crippen LogP) is 2.11. The molecule has 0 amide bonds. The Morgan fingerprint density at radius 1 is 1.40 bits per heavy atom. The number of rotatable bonds is 2. The zero-order valence-corrected chi connectivity index (χ0v) is 12.0. The van der Waals surface area contributed by atoms with E-state index in [0.717, 1.165) is 11.8 Å². The molecule has 5 nitrogen and oxygen atoms in total. The van der Waals surface area contributed by atoms with Crippen molar-refractivity contribution in [2.24, 2.45) is 5.84 Å². The number of hydrogen-bond acceptors (Lipinski definition) is 6. The number of hydrazine groups is 1. The first-order chi connectivity index (χ1) is 9.21. The van der Waals surface area contributed by atoms with Crippen molar-refractivity contribution < 1.29 is 13.2 Å². The molecule has 0 bridgehead atoms. The average molecular weight is 307 g/mol. The van der Waals surface area contributed by atoms with E-state index >= 15 is 0 Å². The van der Waals surface area contributed by atoms with Crippen LogP contribution in [0, 0.1) is 0 Å². The highest BCUT2D eigenvalue weighted by molar-refractivity contribution is 8.00. The van der Waals surface area contributed by atoms with Gasteiger partial charge in [0.2, 0.25) is 5.95 Å². The van der Waals surface area contributed by atoms with Gasteiger partial charge in [-0.15, -0.1) is 0 Å². The van der Waals surface area contributed by atoms with E-state index in [1.807, 2.05) is 4.90 Å². The number of nitrogens with one attached hydrogen (secondary N) is 1. The Labute approximate surface area is 119 Å². The van der Waals surface area contributed by atoms with Crippen molar-refractivity contribution in [1.29, 1.82) is 0 Å². The van der Waals surface area contributed by atoms with E-state index in [2.05, 4.69) is 29.2 Å². The second-order valence-electron chi connectivity index (χ2n) is 5.11. The maximum atomic E-state index is 12.8. The quantitative estimate of drug-likeness (QED) is 0.644. The fraction of sp³-hybridized carbons (Fsp3) is 0.636. The lowest BCUT2D eigenvalue weighted by molar-refractivity contribution is -0.141. The van der Waals surface area contributed by atoms with Crippen LogP contribution in [0.3, 0.4) is 0 Å². The maximum absolute atomic E-state index is 12.8. The maximum Gasteiger partial charge on any atom is 0.433 e. The molecule has 3 N–H and O–H groups in total. The van der Waals surface area contributed by atoms with Gasteiger partial charge in [0.25, 0.3) is 0 Å². The molecule has 0 unspecified atom stereocenters. The summed E-state index contributed by atoms with van der Waals surface area (Å²) in [5.41, 5.74) is 1.09. The summed E-state index contributed by atoms with van der Waals surface area (Å²) in [5, 5.41) is 0. The Balaban J connectivity index is 2.36. The molecule has 0 spiro atoms. The van der Waals surface area contributed by atoms with Crippen molar-refractivity contribution in [2.75, 3.05) is 29.2 Å². The zero-order chi connectivity index (χ0) is 15.0. The number of anilines is 2. The van der Waals surface area contributed by atoms with Gasteiger partial charge in [0, 0.05) is 29.7 Å². The highest BCUT2D eigenvalue weighted by atomic mass is 32.2. The van der Waals surface area contributed by atoms with E-state index in [0.29, 0.717) is 13.1 Å². The summed E-state index contributed by atoms with van der Waals surface area (Å²) in [4.78, 5) is 9.20. The molecule has 2 heterocycles. The molecule has 0 radical (unpaired) electrons. The number of halogens is 3. The molecule has 1 saturated heterocycles. The molecule has 1 aromatic rings. The van der Waals surface area contributed by atoms with Gasteiger partial charge in [0.15, 0.2) is 5.69 Å². The molecule has 1 aromatic heterocycles. The molecular weight excluding hydrogens is 291 g/mol. The lowest BCUT2D eigenvalue weighted by Gasteiger charge is -2.38. The van der Waals surface area contributed by atoms with Crippen LogP contribution in [-0.2, 0) is 6.18 Å². The number of nitrogen functional groups attached to an aromatic ring is 1. The van der Waals surface area contributed by atoms with Gasteiger partial charge in [0.05, 0.1) is 0 Å². The van der Waals surface area contributed by atoms with Crippen LogP contribution in [0.25, 0.3) is 0 Å². The summed E-state index contributed by atoms with van der Waals surface area (Å²) in [7, 11) is 0. The second-order valence-corrected chi connectivity index (χ2v) is 6.91. The number of nitrogens with zero attached hydrogens (tertiary/aromatic N) is 3. The molecule has 0 atom stereocenters. The first kappa shape index (κ1) is 15.2. The monoisotopic (exact) mass is 307 g/mol. The van der Waals surface area contributed by atoms with E-state index in [-0.39, 0.29) is 16.5 Å². The summed E-state index contributed by atoms with van der Waals surface area (Å²) in [6.07, 6.45) is -4.52. The number of alkyl halides is 3. The van der Waals surface area contributed by atoms with Gasteiger partial charge >= 0.3 is 6.18 Å². The number of hydrogen-bond donors (Lipinski definition) is 2. The standard InChI is InChI=1S/C11H16F3N5S/c1-10(2)6-19(3-4-20-10)8-5-7(11(12,13)14)16-9(17-8)18-15/h5H,3-4,6,15H2,1-2H3,(H,16,17,18). The number of aromatic nitrogens is 2. The van der Waals surface area contributed by atoms with E-state index in [4.69, 9.17) is 5.84 Å². The molecule has 0 aliphatic carbocycles. The first-order valence-corrected chi connectivity index (χ1v) is 7.02. The molecule has 1 aliphatic heterocycles. The van der Waals surface area contributed by atoms with Gasteiger partial charge < -0.3 is 4.90 Å². The van der Waals surface area contributed by atoms with E-state index in [1.165, 1.54) is 0 Å². The second kappa shape index (κ2) is 5.28.